The van der Waals surface area contributed by atoms with Crippen molar-refractivity contribution >= 4 is 0 Å². The maximum absolute atomic E-state index is 16.1. The fourth-order valence-corrected chi connectivity index (χ4v) is 13.7. The fraction of sp³-hybridized carbons (Fsp3) is 1.00. The standard InChI is InChI=1S/C29H34F18O.C14H17F9O/c1-12-15(19-10-16(12)21(30,25(19,34)35)7-6-20(3,26(36,37)38)27(39,40)41)5-4-14-13(2)17-11-18(14)22(31,24(17,32)33)8-9-23(48,28(42,43)44)29(45,46)47;1-6-7(2)9-5-8(6)10(15,12(9,16)17)3-4-11(24,13(18,19)20)14(21,22)23/h12-19,48H,4-11H2,1-3H3;6-9,24H,3-5H2,1-2H3. The third kappa shape index (κ3) is 8.55. The summed E-state index contributed by atoms with van der Waals surface area (Å²) in [4.78, 5) is 0. The normalized spacial score (nSPS) is 39.8. The van der Waals surface area contributed by atoms with Gasteiger partial charge in [0.15, 0.2) is 22.4 Å². The number of hydrogen-bond acceptors (Lipinski definition) is 2. The van der Waals surface area contributed by atoms with Crippen LogP contribution in [0.5, 0.6) is 0 Å². The van der Waals surface area contributed by atoms with Gasteiger partial charge in [-0.2, -0.15) is 79.0 Å². The second-order valence-electron chi connectivity index (χ2n) is 21.7. The second-order valence-corrected chi connectivity index (χ2v) is 21.7. The Balaban J connectivity index is 0.000000335. The van der Waals surface area contributed by atoms with Crippen LogP contribution in [-0.4, -0.2) is 93.2 Å². The van der Waals surface area contributed by atoms with Gasteiger partial charge in [-0.25, -0.2) is 39.5 Å². The van der Waals surface area contributed by atoms with Crippen LogP contribution in [0.25, 0.3) is 0 Å². The van der Waals surface area contributed by atoms with Gasteiger partial charge in [0.25, 0.3) is 29.0 Å². The van der Waals surface area contributed by atoms with Crippen LogP contribution in [0, 0.1) is 76.4 Å². The van der Waals surface area contributed by atoms with Gasteiger partial charge in [-0.05, 0) is 113 Å². The van der Waals surface area contributed by atoms with Crippen LogP contribution in [0.1, 0.15) is 105 Å². The molecule has 6 bridgehead atoms. The predicted molar refractivity (Wildman–Crippen MR) is 196 cm³/mol. The minimum atomic E-state index is -6.39. The van der Waals surface area contributed by atoms with Crippen molar-refractivity contribution in [2.45, 2.75) is 188 Å². The van der Waals surface area contributed by atoms with Crippen LogP contribution in [-0.2, 0) is 0 Å². The lowest BCUT2D eigenvalue weighted by molar-refractivity contribution is -0.373. The zero-order chi connectivity index (χ0) is 56.2. The van der Waals surface area contributed by atoms with Gasteiger partial charge in [-0.3, -0.25) is 0 Å². The smallest absolute Gasteiger partial charge is 0.374 e. The van der Waals surface area contributed by atoms with E-state index in [4.69, 9.17) is 5.11 Å². The lowest BCUT2D eigenvalue weighted by Crippen LogP contribution is -2.60. The Morgan fingerprint density at radius 3 is 0.931 bits per heavy atom. The first kappa shape index (κ1) is 60.9. The van der Waals surface area contributed by atoms with Crippen molar-refractivity contribution in [3.8, 4) is 0 Å². The summed E-state index contributed by atoms with van der Waals surface area (Å²) in [6.07, 6.45) is -51.5. The van der Waals surface area contributed by atoms with Crippen molar-refractivity contribution < 1.29 is 129 Å². The van der Waals surface area contributed by atoms with Crippen LogP contribution < -0.4 is 0 Å². The van der Waals surface area contributed by atoms with E-state index in [1.54, 1.807) is 0 Å². The first-order chi connectivity index (χ1) is 31.7. The Kier molecular flexibility index (Phi) is 14.8. The number of halogens is 27. The van der Waals surface area contributed by atoms with E-state index in [0.717, 1.165) is 0 Å². The summed E-state index contributed by atoms with van der Waals surface area (Å²) >= 11 is 0. The Bertz CT molecular complexity index is 1910. The molecule has 0 spiro atoms. The Morgan fingerprint density at radius 1 is 0.347 bits per heavy atom. The van der Waals surface area contributed by atoms with Crippen molar-refractivity contribution in [1.29, 1.82) is 0 Å². The molecule has 0 saturated heterocycles. The SMILES string of the molecule is CC1C(C)C2CC1C(F)(F)C2(F)CCC(O)(C(F)(F)F)C(F)(F)F.CC1C(CCC2C(C)C3CC2C(F)(F)C3(F)CCC(C)(C(F)(F)F)C(F)(F)F)C2CC1C(F)(F)C2(F)CCC(O)(C(F)(F)F)C(F)(F)F. The summed E-state index contributed by atoms with van der Waals surface area (Å²) in [6, 6.07) is 0. The van der Waals surface area contributed by atoms with Gasteiger partial charge in [0, 0.05) is 35.5 Å². The van der Waals surface area contributed by atoms with Crippen LogP contribution in [0.3, 0.4) is 0 Å². The van der Waals surface area contributed by atoms with Crippen molar-refractivity contribution in [1.82, 2.24) is 0 Å². The summed E-state index contributed by atoms with van der Waals surface area (Å²) in [5, 5.41) is 18.5. The largest absolute Gasteiger partial charge is 0.426 e. The zero-order valence-electron chi connectivity index (χ0n) is 38.3. The molecule has 0 amide bonds. The minimum absolute atomic E-state index is 0.258. The molecule has 29 heteroatoms. The molecule has 2 nitrogen and oxygen atoms in total. The van der Waals surface area contributed by atoms with Crippen molar-refractivity contribution in [2.24, 2.45) is 76.4 Å². The van der Waals surface area contributed by atoms with Crippen molar-refractivity contribution in [3.05, 3.63) is 0 Å². The summed E-state index contributed by atoms with van der Waals surface area (Å²) in [7, 11) is 0. The monoisotopic (exact) mass is 1110 g/mol. The fourth-order valence-electron chi connectivity index (χ4n) is 13.7. The number of fused-ring (bicyclic) bond motifs is 6. The third-order valence-electron chi connectivity index (χ3n) is 18.7. The molecule has 0 aromatic rings. The van der Waals surface area contributed by atoms with E-state index in [0.29, 0.717) is 0 Å². The van der Waals surface area contributed by atoms with Gasteiger partial charge in [0.1, 0.15) is 0 Å². The molecule has 6 saturated carbocycles. The molecular weight excluding hydrogens is 1060 g/mol. The van der Waals surface area contributed by atoms with E-state index in [1.807, 2.05) is 0 Å². The number of alkyl halides is 27. The number of hydrogen-bond donors (Lipinski definition) is 2. The molecule has 2 N–H and O–H groups in total. The van der Waals surface area contributed by atoms with Gasteiger partial charge in [0.05, 0.1) is 0 Å². The van der Waals surface area contributed by atoms with E-state index < -0.39 is 211 Å². The highest BCUT2D eigenvalue weighted by Crippen LogP contribution is 2.72. The van der Waals surface area contributed by atoms with Gasteiger partial charge in [-0.1, -0.05) is 27.7 Å². The number of aliphatic hydroxyl groups is 2. The van der Waals surface area contributed by atoms with Gasteiger partial charge in [0.2, 0.25) is 0 Å². The maximum atomic E-state index is 16.1. The van der Waals surface area contributed by atoms with Crippen molar-refractivity contribution in [3.63, 3.8) is 0 Å². The quantitative estimate of drug-likeness (QED) is 0.191. The highest BCUT2D eigenvalue weighted by Gasteiger charge is 2.81. The minimum Gasteiger partial charge on any atom is -0.374 e. The Hall–Kier alpha value is -1.97. The zero-order valence-corrected chi connectivity index (χ0v) is 38.3. The Labute approximate surface area is 393 Å². The van der Waals surface area contributed by atoms with Crippen molar-refractivity contribution in [2.75, 3.05) is 0 Å². The first-order valence-electron chi connectivity index (χ1n) is 22.7. The lowest BCUT2D eigenvalue weighted by Gasteiger charge is -2.47. The summed E-state index contributed by atoms with van der Waals surface area (Å²) in [5.74, 6) is -28.6. The molecule has 424 valence electrons. The highest BCUT2D eigenvalue weighted by molar-refractivity contribution is 5.21. The molecule has 15 unspecified atom stereocenters. The molecular formula is C43H51F27O2. The van der Waals surface area contributed by atoms with Gasteiger partial charge in [-0.15, -0.1) is 0 Å². The van der Waals surface area contributed by atoms with Crippen LogP contribution in [0.2, 0.25) is 0 Å². The average molecular weight is 1110 g/mol. The summed E-state index contributed by atoms with van der Waals surface area (Å²) in [6.45, 7) is 5.14. The highest BCUT2D eigenvalue weighted by atomic mass is 19.4. The molecule has 6 aliphatic carbocycles. The van der Waals surface area contributed by atoms with E-state index in [-0.39, 0.29) is 26.2 Å². The molecule has 15 atom stereocenters. The van der Waals surface area contributed by atoms with E-state index in [9.17, 15) is 97.3 Å². The predicted octanol–water partition coefficient (Wildman–Crippen LogP) is 15.7. The van der Waals surface area contributed by atoms with Crippen LogP contribution in [0.4, 0.5) is 119 Å². The summed E-state index contributed by atoms with van der Waals surface area (Å²) < 4.78 is 372. The first-order valence-corrected chi connectivity index (χ1v) is 22.7. The molecule has 0 aromatic heterocycles. The molecule has 6 rings (SSSR count). The Morgan fingerprint density at radius 2 is 0.597 bits per heavy atom. The van der Waals surface area contributed by atoms with Gasteiger partial charge >= 0.3 is 37.1 Å². The molecule has 6 aliphatic rings. The van der Waals surface area contributed by atoms with E-state index in [2.05, 4.69) is 0 Å². The molecule has 0 aromatic carbocycles. The van der Waals surface area contributed by atoms with Gasteiger partial charge < -0.3 is 10.2 Å². The average Bonchev–Trinajstić information content (AvgIpc) is 3.95. The van der Waals surface area contributed by atoms with Crippen LogP contribution in [0.15, 0.2) is 0 Å². The second kappa shape index (κ2) is 17.5. The number of rotatable bonds is 12. The summed E-state index contributed by atoms with van der Waals surface area (Å²) in [5.41, 5.74) is -26.4. The van der Waals surface area contributed by atoms with E-state index >= 15 is 26.3 Å². The molecule has 72 heavy (non-hydrogen) atoms. The molecule has 0 heterocycles. The third-order valence-corrected chi connectivity index (χ3v) is 18.7. The molecule has 0 radical (unpaired) electrons. The molecule has 6 fully saturated rings. The lowest BCUT2D eigenvalue weighted by atomic mass is 9.63. The van der Waals surface area contributed by atoms with Crippen LogP contribution >= 0.6 is 0 Å². The maximum Gasteiger partial charge on any atom is 0.426 e. The topological polar surface area (TPSA) is 40.5 Å². The molecule has 0 aliphatic heterocycles. The van der Waals surface area contributed by atoms with E-state index in [1.165, 1.54) is 27.7 Å².